The molecular formula is C21H28N4O3. The zero-order valence-corrected chi connectivity index (χ0v) is 17.2. The maximum absolute atomic E-state index is 5.60. The van der Waals surface area contributed by atoms with E-state index in [-0.39, 0.29) is 0 Å². The van der Waals surface area contributed by atoms with Crippen LogP contribution in [0.1, 0.15) is 31.5 Å². The van der Waals surface area contributed by atoms with Crippen molar-refractivity contribution in [3.05, 3.63) is 48.1 Å². The van der Waals surface area contributed by atoms with Crippen molar-refractivity contribution in [1.29, 1.82) is 0 Å². The van der Waals surface area contributed by atoms with Gasteiger partial charge in [0, 0.05) is 26.5 Å². The molecule has 0 unspecified atom stereocenters. The van der Waals surface area contributed by atoms with Crippen LogP contribution in [-0.2, 0) is 9.57 Å². The van der Waals surface area contributed by atoms with Crippen LogP contribution in [0.5, 0.6) is 5.75 Å². The molecule has 0 radical (unpaired) electrons. The van der Waals surface area contributed by atoms with E-state index in [1.165, 1.54) is 0 Å². The molecule has 2 heterocycles. The Kier molecular flexibility index (Phi) is 6.04. The Hall–Kier alpha value is -2.80. The minimum absolute atomic E-state index is 0.464. The third-order valence-corrected chi connectivity index (χ3v) is 4.64. The zero-order valence-electron chi connectivity index (χ0n) is 17.2. The standard InChI is InChI=1S/C21H28N4O3/c1-16-14-24(15-22-16)18-9-7-17(13-19(18)27-5)8-10-20-23-28-21(2,3)25(20)11-6-12-26-4/h7-10,13-15H,6,11-12H2,1-5H3. The molecule has 0 amide bonds. The van der Waals surface area contributed by atoms with Crippen molar-refractivity contribution in [2.75, 3.05) is 27.4 Å². The van der Waals surface area contributed by atoms with Gasteiger partial charge in [0.2, 0.25) is 5.72 Å². The number of nitrogens with zero attached hydrogens (tertiary/aromatic N) is 4. The van der Waals surface area contributed by atoms with Crippen molar-refractivity contribution >= 4 is 11.9 Å². The molecule has 0 bridgehead atoms. The smallest absolute Gasteiger partial charge is 0.205 e. The summed E-state index contributed by atoms with van der Waals surface area (Å²) in [7, 11) is 3.38. The lowest BCUT2D eigenvalue weighted by Gasteiger charge is -2.30. The Morgan fingerprint density at radius 3 is 2.71 bits per heavy atom. The van der Waals surface area contributed by atoms with Crippen molar-refractivity contribution in [2.45, 2.75) is 32.9 Å². The molecule has 1 aromatic carbocycles. The van der Waals surface area contributed by atoms with Gasteiger partial charge in [0.25, 0.3) is 0 Å². The van der Waals surface area contributed by atoms with Gasteiger partial charge in [-0.15, -0.1) is 0 Å². The number of ether oxygens (including phenoxy) is 2. The van der Waals surface area contributed by atoms with E-state index in [2.05, 4.69) is 15.0 Å². The Bertz CT molecular complexity index is 870. The molecule has 1 aliphatic heterocycles. The summed E-state index contributed by atoms with van der Waals surface area (Å²) in [4.78, 5) is 12.0. The molecule has 7 heteroatoms. The molecule has 2 aromatic rings. The molecule has 1 aromatic heterocycles. The molecule has 28 heavy (non-hydrogen) atoms. The van der Waals surface area contributed by atoms with Gasteiger partial charge in [-0.2, -0.15) is 0 Å². The summed E-state index contributed by atoms with van der Waals surface area (Å²) in [6, 6.07) is 6.06. The number of aryl methyl sites for hydroxylation is 1. The first-order valence-electron chi connectivity index (χ1n) is 9.34. The van der Waals surface area contributed by atoms with Crippen LogP contribution in [0.15, 0.2) is 42.0 Å². The number of oxime groups is 1. The Balaban J connectivity index is 1.78. The van der Waals surface area contributed by atoms with Crippen molar-refractivity contribution in [2.24, 2.45) is 5.16 Å². The van der Waals surface area contributed by atoms with Gasteiger partial charge >= 0.3 is 0 Å². The molecule has 0 saturated heterocycles. The number of hydrogen-bond donors (Lipinski definition) is 0. The molecule has 3 rings (SSSR count). The monoisotopic (exact) mass is 384 g/mol. The fourth-order valence-electron chi connectivity index (χ4n) is 3.14. The first-order chi connectivity index (χ1) is 13.4. The van der Waals surface area contributed by atoms with E-state index >= 15 is 0 Å². The first-order valence-corrected chi connectivity index (χ1v) is 9.34. The topological polar surface area (TPSA) is 61.1 Å². The molecule has 0 N–H and O–H groups in total. The fraction of sp³-hybridized carbons (Fsp3) is 0.429. The normalized spacial score (nSPS) is 15.8. The van der Waals surface area contributed by atoms with E-state index in [0.717, 1.165) is 41.5 Å². The van der Waals surface area contributed by atoms with Crippen molar-refractivity contribution in [3.8, 4) is 11.4 Å². The van der Waals surface area contributed by atoms with Gasteiger partial charge in [0.15, 0.2) is 5.84 Å². The van der Waals surface area contributed by atoms with Gasteiger partial charge < -0.3 is 23.8 Å². The highest BCUT2D eigenvalue weighted by Gasteiger charge is 2.35. The summed E-state index contributed by atoms with van der Waals surface area (Å²) in [6.45, 7) is 7.50. The van der Waals surface area contributed by atoms with E-state index < -0.39 is 5.72 Å². The van der Waals surface area contributed by atoms with Gasteiger partial charge in [-0.05, 0) is 51.0 Å². The number of aromatic nitrogens is 2. The lowest BCUT2D eigenvalue weighted by atomic mass is 10.1. The van der Waals surface area contributed by atoms with Crippen LogP contribution in [0.25, 0.3) is 11.8 Å². The molecule has 7 nitrogen and oxygen atoms in total. The van der Waals surface area contributed by atoms with E-state index in [4.69, 9.17) is 14.3 Å². The summed E-state index contributed by atoms with van der Waals surface area (Å²) < 4.78 is 12.7. The second kappa shape index (κ2) is 8.48. The van der Waals surface area contributed by atoms with Gasteiger partial charge in [-0.1, -0.05) is 17.3 Å². The zero-order chi connectivity index (χ0) is 20.1. The minimum atomic E-state index is -0.464. The number of imidazole rings is 1. The first kappa shape index (κ1) is 19.9. The summed E-state index contributed by atoms with van der Waals surface area (Å²) >= 11 is 0. The maximum Gasteiger partial charge on any atom is 0.205 e. The molecule has 0 fully saturated rings. The third-order valence-electron chi connectivity index (χ3n) is 4.64. The minimum Gasteiger partial charge on any atom is -0.495 e. The maximum atomic E-state index is 5.60. The summed E-state index contributed by atoms with van der Waals surface area (Å²) in [5.41, 5.74) is 2.46. The average molecular weight is 384 g/mol. The third kappa shape index (κ3) is 4.36. The molecular weight excluding hydrogens is 356 g/mol. The molecule has 150 valence electrons. The molecule has 0 atom stereocenters. The van der Waals surface area contributed by atoms with E-state index in [1.807, 2.05) is 61.9 Å². The van der Waals surface area contributed by atoms with Gasteiger partial charge in [0.05, 0.1) is 24.8 Å². The molecule has 0 spiro atoms. The van der Waals surface area contributed by atoms with E-state index in [0.29, 0.717) is 6.61 Å². The van der Waals surface area contributed by atoms with Gasteiger partial charge in [-0.25, -0.2) is 4.98 Å². The Morgan fingerprint density at radius 2 is 2.04 bits per heavy atom. The lowest BCUT2D eigenvalue weighted by molar-refractivity contribution is -0.0696. The summed E-state index contributed by atoms with van der Waals surface area (Å²) in [5.74, 6) is 1.58. The highest BCUT2D eigenvalue weighted by molar-refractivity contribution is 5.97. The summed E-state index contributed by atoms with van der Waals surface area (Å²) in [6.07, 6.45) is 8.64. The van der Waals surface area contributed by atoms with Crippen LogP contribution < -0.4 is 4.74 Å². The molecule has 1 aliphatic rings. The highest BCUT2D eigenvalue weighted by Crippen LogP contribution is 2.27. The predicted octanol–water partition coefficient (Wildman–Crippen LogP) is 3.62. The van der Waals surface area contributed by atoms with Gasteiger partial charge in [0.1, 0.15) is 5.75 Å². The van der Waals surface area contributed by atoms with Crippen molar-refractivity contribution in [1.82, 2.24) is 14.5 Å². The number of rotatable bonds is 8. The fourth-order valence-corrected chi connectivity index (χ4v) is 3.14. The van der Waals surface area contributed by atoms with Crippen LogP contribution in [0, 0.1) is 6.92 Å². The second-order valence-electron chi connectivity index (χ2n) is 7.17. The van der Waals surface area contributed by atoms with Crippen LogP contribution in [0.2, 0.25) is 0 Å². The lowest BCUT2D eigenvalue weighted by Crippen LogP contribution is -2.44. The Morgan fingerprint density at radius 1 is 1.21 bits per heavy atom. The van der Waals surface area contributed by atoms with Crippen molar-refractivity contribution < 1.29 is 14.3 Å². The second-order valence-corrected chi connectivity index (χ2v) is 7.17. The van der Waals surface area contributed by atoms with Crippen LogP contribution >= 0.6 is 0 Å². The quantitative estimate of drug-likeness (QED) is 0.651. The molecule has 0 saturated carbocycles. The summed E-state index contributed by atoms with van der Waals surface area (Å²) in [5, 5.41) is 4.25. The largest absolute Gasteiger partial charge is 0.495 e. The Labute approximate surface area is 166 Å². The van der Waals surface area contributed by atoms with Crippen LogP contribution in [0.3, 0.4) is 0 Å². The number of methoxy groups -OCH3 is 2. The van der Waals surface area contributed by atoms with E-state index in [9.17, 15) is 0 Å². The number of hydrogen-bond acceptors (Lipinski definition) is 6. The SMILES string of the molecule is COCCCN1C(C=Cc2ccc(-n3cnc(C)c3)c(OC)c2)=NOC1(C)C. The highest BCUT2D eigenvalue weighted by atomic mass is 16.7. The number of benzene rings is 1. The van der Waals surface area contributed by atoms with E-state index in [1.54, 1.807) is 20.5 Å². The van der Waals surface area contributed by atoms with Crippen molar-refractivity contribution in [3.63, 3.8) is 0 Å². The van der Waals surface area contributed by atoms with Gasteiger partial charge in [-0.3, -0.25) is 0 Å². The average Bonchev–Trinajstić information content (AvgIpc) is 3.23. The number of amidine groups is 1. The molecule has 0 aliphatic carbocycles. The predicted molar refractivity (Wildman–Crippen MR) is 110 cm³/mol. The van der Waals surface area contributed by atoms with Crippen LogP contribution in [0.4, 0.5) is 0 Å². The van der Waals surface area contributed by atoms with Crippen LogP contribution in [-0.4, -0.2) is 53.4 Å².